The lowest BCUT2D eigenvalue weighted by Gasteiger charge is -2.40. The first-order valence-electron chi connectivity index (χ1n) is 11.7. The number of carboxylic acids is 1. The Kier molecular flexibility index (Phi) is 13.9. The number of rotatable bonds is 11. The smallest absolute Gasteiger partial charge is 0.347 e. The zero-order valence-electron chi connectivity index (χ0n) is 22.9. The summed E-state index contributed by atoms with van der Waals surface area (Å²) in [5.41, 5.74) is -1.47. The van der Waals surface area contributed by atoms with Gasteiger partial charge in [0, 0.05) is 0 Å². The van der Waals surface area contributed by atoms with Crippen LogP contribution in [0.4, 0.5) is 0 Å². The number of carbonyl (C=O) groups excluding carboxylic acids is 1. The Balaban J connectivity index is 0. The van der Waals surface area contributed by atoms with Crippen LogP contribution in [0.25, 0.3) is 0 Å². The van der Waals surface area contributed by atoms with Gasteiger partial charge in [0.15, 0.2) is 0 Å². The molecule has 0 bridgehead atoms. The fourth-order valence-electron chi connectivity index (χ4n) is 2.21. The van der Waals surface area contributed by atoms with E-state index < -0.39 is 34.6 Å². The van der Waals surface area contributed by atoms with Gasteiger partial charge in [0.05, 0.1) is 11.3 Å². The second kappa shape index (κ2) is 13.5. The van der Waals surface area contributed by atoms with Crippen LogP contribution in [0.5, 0.6) is 0 Å². The maximum Gasteiger partial charge on any atom is 0.347 e. The molecule has 0 heterocycles. The van der Waals surface area contributed by atoms with Gasteiger partial charge in [-0.25, -0.2) is 14.6 Å². The number of hydrogen-bond donors (Lipinski definition) is 1. The molecule has 0 aromatic rings. The van der Waals surface area contributed by atoms with Gasteiger partial charge in [-0.3, -0.25) is 9.68 Å². The minimum atomic E-state index is -0.817. The highest BCUT2D eigenvalue weighted by Crippen LogP contribution is 2.37. The summed E-state index contributed by atoms with van der Waals surface area (Å²) in [6.07, 6.45) is 2.66. The Hall–Kier alpha value is -1.18. The molecule has 0 saturated carbocycles. The Bertz CT molecular complexity index is 554. The zero-order chi connectivity index (χ0) is 26.0. The standard InChI is InChI=1S/C16H32O4.C9H18O3/c1-8-11-13(12(9-2)14(17)18)19-20-16(6,7)15(4,5)10-3;1-8(2,3)7(10)11-12-9(4,5)6/h12-13H,8-11H2,1-7H3,(H,17,18);1-6H3. The van der Waals surface area contributed by atoms with E-state index in [0.29, 0.717) is 12.8 Å². The molecule has 192 valence electrons. The van der Waals surface area contributed by atoms with E-state index >= 15 is 0 Å². The summed E-state index contributed by atoms with van der Waals surface area (Å²) in [5, 5.41) is 9.27. The zero-order valence-corrected chi connectivity index (χ0v) is 22.9. The molecule has 0 aromatic carbocycles. The molecule has 2 unspecified atom stereocenters. The average molecular weight is 463 g/mol. The van der Waals surface area contributed by atoms with Crippen LogP contribution in [0.2, 0.25) is 0 Å². The van der Waals surface area contributed by atoms with Crippen LogP contribution in [-0.2, 0) is 29.1 Å². The summed E-state index contributed by atoms with van der Waals surface area (Å²) in [4.78, 5) is 43.2. The highest BCUT2D eigenvalue weighted by Gasteiger charge is 2.39. The number of carbonyl (C=O) groups is 2. The molecule has 7 nitrogen and oxygen atoms in total. The maximum absolute atomic E-state index is 11.3. The van der Waals surface area contributed by atoms with E-state index in [2.05, 4.69) is 25.7 Å². The molecule has 0 saturated heterocycles. The van der Waals surface area contributed by atoms with Crippen molar-refractivity contribution in [3.8, 4) is 0 Å². The van der Waals surface area contributed by atoms with Gasteiger partial charge >= 0.3 is 11.9 Å². The minimum Gasteiger partial charge on any atom is -0.481 e. The van der Waals surface area contributed by atoms with Crippen LogP contribution in [0.3, 0.4) is 0 Å². The SMILES string of the molecule is CC(C)(C)OOC(=O)C(C)(C)C.CCCC(OOC(C)(C)C(C)(C)CC)C(CC)C(=O)O. The Morgan fingerprint density at radius 1 is 0.844 bits per heavy atom. The summed E-state index contributed by atoms with van der Waals surface area (Å²) in [6.45, 7) is 25.0. The first kappa shape index (κ1) is 33.0. The minimum absolute atomic E-state index is 0.0469. The second-order valence-corrected chi connectivity index (χ2v) is 11.4. The fourth-order valence-corrected chi connectivity index (χ4v) is 2.21. The van der Waals surface area contributed by atoms with Crippen molar-refractivity contribution in [2.24, 2.45) is 16.7 Å². The number of hydrogen-bond acceptors (Lipinski definition) is 6. The van der Waals surface area contributed by atoms with E-state index in [4.69, 9.17) is 14.7 Å². The van der Waals surface area contributed by atoms with E-state index in [1.165, 1.54) is 0 Å². The molecule has 0 aliphatic carbocycles. The number of carboxylic acid groups (broad SMARTS) is 1. The molecule has 0 aromatic heterocycles. The van der Waals surface area contributed by atoms with E-state index in [1.807, 2.05) is 48.5 Å². The third-order valence-electron chi connectivity index (χ3n) is 5.65. The Labute approximate surface area is 196 Å². The van der Waals surface area contributed by atoms with Crippen LogP contribution in [0, 0.1) is 16.7 Å². The summed E-state index contributed by atoms with van der Waals surface area (Å²) in [6, 6.07) is 0. The van der Waals surface area contributed by atoms with Crippen LogP contribution in [-0.4, -0.2) is 34.4 Å². The lowest BCUT2D eigenvalue weighted by atomic mass is 9.75. The van der Waals surface area contributed by atoms with Crippen molar-refractivity contribution in [1.82, 2.24) is 0 Å². The van der Waals surface area contributed by atoms with E-state index in [0.717, 1.165) is 12.8 Å². The molecule has 0 radical (unpaired) electrons. The topological polar surface area (TPSA) is 91.3 Å². The molecule has 32 heavy (non-hydrogen) atoms. The van der Waals surface area contributed by atoms with Crippen molar-refractivity contribution >= 4 is 11.9 Å². The molecule has 0 aliphatic rings. The van der Waals surface area contributed by atoms with Gasteiger partial charge in [0.25, 0.3) is 0 Å². The predicted octanol–water partition coefficient (Wildman–Crippen LogP) is 6.73. The first-order chi connectivity index (χ1) is 14.3. The normalized spacial score (nSPS) is 14.8. The monoisotopic (exact) mass is 462 g/mol. The average Bonchev–Trinajstić information content (AvgIpc) is 2.63. The van der Waals surface area contributed by atoms with E-state index in [1.54, 1.807) is 20.8 Å². The van der Waals surface area contributed by atoms with Crippen molar-refractivity contribution in [3.05, 3.63) is 0 Å². The summed E-state index contributed by atoms with van der Waals surface area (Å²) >= 11 is 0. The first-order valence-corrected chi connectivity index (χ1v) is 11.7. The van der Waals surface area contributed by atoms with Crippen LogP contribution < -0.4 is 0 Å². The molecule has 0 amide bonds. The van der Waals surface area contributed by atoms with Gasteiger partial charge in [-0.2, -0.15) is 4.89 Å². The Morgan fingerprint density at radius 2 is 1.34 bits per heavy atom. The van der Waals surface area contributed by atoms with Crippen LogP contribution in [0.15, 0.2) is 0 Å². The van der Waals surface area contributed by atoms with E-state index in [-0.39, 0.29) is 11.4 Å². The van der Waals surface area contributed by atoms with Gasteiger partial charge < -0.3 is 5.11 Å². The van der Waals surface area contributed by atoms with Gasteiger partial charge in [0.1, 0.15) is 17.3 Å². The van der Waals surface area contributed by atoms with Crippen molar-refractivity contribution in [2.45, 2.75) is 133 Å². The molecular formula is C25H50O7. The number of aliphatic carboxylic acids is 1. The van der Waals surface area contributed by atoms with Crippen molar-refractivity contribution in [1.29, 1.82) is 0 Å². The van der Waals surface area contributed by atoms with Crippen molar-refractivity contribution < 1.29 is 34.2 Å². The molecule has 0 aliphatic heterocycles. The van der Waals surface area contributed by atoms with Gasteiger partial charge in [-0.15, -0.1) is 0 Å². The maximum atomic E-state index is 11.3. The van der Waals surface area contributed by atoms with Gasteiger partial charge in [-0.1, -0.05) is 41.0 Å². The van der Waals surface area contributed by atoms with Crippen molar-refractivity contribution in [3.63, 3.8) is 0 Å². The lowest BCUT2D eigenvalue weighted by molar-refractivity contribution is -0.402. The van der Waals surface area contributed by atoms with Gasteiger partial charge in [0.2, 0.25) is 0 Å². The molecule has 0 fully saturated rings. The molecule has 2 atom stereocenters. The van der Waals surface area contributed by atoms with Crippen LogP contribution in [0.1, 0.15) is 116 Å². The third kappa shape index (κ3) is 12.8. The van der Waals surface area contributed by atoms with Crippen molar-refractivity contribution in [2.75, 3.05) is 0 Å². The fraction of sp³-hybridized carbons (Fsp3) is 0.920. The molecule has 0 spiro atoms. The summed E-state index contributed by atoms with van der Waals surface area (Å²) < 4.78 is 0. The predicted molar refractivity (Wildman–Crippen MR) is 127 cm³/mol. The molecule has 1 N–H and O–H groups in total. The molecule has 7 heteroatoms. The third-order valence-corrected chi connectivity index (χ3v) is 5.65. The second-order valence-electron chi connectivity index (χ2n) is 11.4. The molecular weight excluding hydrogens is 412 g/mol. The van der Waals surface area contributed by atoms with Crippen LogP contribution >= 0.6 is 0 Å². The van der Waals surface area contributed by atoms with E-state index in [9.17, 15) is 14.7 Å². The summed E-state index contributed by atoms with van der Waals surface area (Å²) in [5.74, 6) is -1.69. The largest absolute Gasteiger partial charge is 0.481 e. The quantitative estimate of drug-likeness (QED) is 0.269. The Morgan fingerprint density at radius 3 is 1.66 bits per heavy atom. The molecule has 0 rings (SSSR count). The highest BCUT2D eigenvalue weighted by atomic mass is 17.2. The lowest BCUT2D eigenvalue weighted by Crippen LogP contribution is -2.43. The summed E-state index contributed by atoms with van der Waals surface area (Å²) in [7, 11) is 0. The highest BCUT2D eigenvalue weighted by molar-refractivity contribution is 5.74. The van der Waals surface area contributed by atoms with Gasteiger partial charge in [-0.05, 0) is 80.1 Å².